The molecule has 0 atom stereocenters. The normalized spacial score (nSPS) is 11.7. The van der Waals surface area contributed by atoms with E-state index in [4.69, 9.17) is 0 Å². The molecule has 1 N–H and O–H groups in total. The molecular formula is C19H28N2. The molecule has 21 heavy (non-hydrogen) atoms. The monoisotopic (exact) mass is 284 g/mol. The maximum Gasteiger partial charge on any atom is 0.0104 e. The van der Waals surface area contributed by atoms with Gasteiger partial charge in [0.15, 0.2) is 0 Å². The summed E-state index contributed by atoms with van der Waals surface area (Å²) in [6.45, 7) is 8.90. The summed E-state index contributed by atoms with van der Waals surface area (Å²) in [5, 5.41) is 6.17. The van der Waals surface area contributed by atoms with Gasteiger partial charge < -0.3 is 10.2 Å². The van der Waals surface area contributed by atoms with Crippen molar-refractivity contribution in [2.24, 2.45) is 5.92 Å². The van der Waals surface area contributed by atoms with E-state index in [0.29, 0.717) is 0 Å². The number of benzene rings is 2. The van der Waals surface area contributed by atoms with Gasteiger partial charge in [-0.3, -0.25) is 0 Å². The molecule has 114 valence electrons. The van der Waals surface area contributed by atoms with Gasteiger partial charge in [-0.15, -0.1) is 0 Å². The van der Waals surface area contributed by atoms with Gasteiger partial charge >= 0.3 is 0 Å². The fourth-order valence-electron chi connectivity index (χ4n) is 2.49. The molecule has 0 aliphatic heterocycles. The maximum atomic E-state index is 3.50. The van der Waals surface area contributed by atoms with E-state index in [1.165, 1.54) is 16.3 Å². The van der Waals surface area contributed by atoms with Gasteiger partial charge in [-0.2, -0.15) is 0 Å². The Morgan fingerprint density at radius 2 is 1.76 bits per heavy atom. The molecule has 0 heterocycles. The van der Waals surface area contributed by atoms with Gasteiger partial charge in [-0.05, 0) is 42.3 Å². The van der Waals surface area contributed by atoms with Crippen molar-refractivity contribution in [1.82, 2.24) is 10.2 Å². The average molecular weight is 284 g/mol. The van der Waals surface area contributed by atoms with E-state index < -0.39 is 0 Å². The second kappa shape index (κ2) is 8.16. The number of nitrogens with zero attached hydrogens (tertiary/aromatic N) is 1. The standard InChI is InChI=1S/C19H28N2/c1-16(2)15-20-11-13-21(3)12-10-17-8-9-18-6-4-5-7-19(18)14-17/h4-9,14,16,20H,10-13,15H2,1-3H3. The third-order valence-electron chi connectivity index (χ3n) is 3.82. The summed E-state index contributed by atoms with van der Waals surface area (Å²) in [6, 6.07) is 15.4. The third kappa shape index (κ3) is 5.49. The molecule has 0 saturated carbocycles. The third-order valence-corrected chi connectivity index (χ3v) is 3.82. The molecule has 0 aliphatic rings. The van der Waals surface area contributed by atoms with Gasteiger partial charge in [0.2, 0.25) is 0 Å². The second-order valence-corrected chi connectivity index (χ2v) is 6.33. The van der Waals surface area contributed by atoms with Crippen molar-refractivity contribution in [3.63, 3.8) is 0 Å². The summed E-state index contributed by atoms with van der Waals surface area (Å²) in [5.74, 6) is 0.730. The van der Waals surface area contributed by atoms with Crippen LogP contribution >= 0.6 is 0 Å². The lowest BCUT2D eigenvalue weighted by Gasteiger charge is -2.17. The Balaban J connectivity index is 1.76. The number of fused-ring (bicyclic) bond motifs is 1. The van der Waals surface area contributed by atoms with Crippen molar-refractivity contribution in [1.29, 1.82) is 0 Å². The first-order valence-corrected chi connectivity index (χ1v) is 8.02. The van der Waals surface area contributed by atoms with Crippen LogP contribution in [0.5, 0.6) is 0 Å². The van der Waals surface area contributed by atoms with E-state index >= 15 is 0 Å². The van der Waals surface area contributed by atoms with Crippen molar-refractivity contribution >= 4 is 10.8 Å². The predicted octanol–water partition coefficient (Wildman–Crippen LogP) is 3.56. The molecule has 2 heteroatoms. The lowest BCUT2D eigenvalue weighted by molar-refractivity contribution is 0.332. The van der Waals surface area contributed by atoms with Gasteiger partial charge in [0.25, 0.3) is 0 Å². The maximum absolute atomic E-state index is 3.50. The predicted molar refractivity (Wildman–Crippen MR) is 92.9 cm³/mol. The smallest absolute Gasteiger partial charge is 0.0104 e. The van der Waals surface area contributed by atoms with E-state index in [1.807, 2.05) is 0 Å². The first kappa shape index (κ1) is 16.0. The van der Waals surface area contributed by atoms with Crippen LogP contribution in [0.4, 0.5) is 0 Å². The summed E-state index contributed by atoms with van der Waals surface area (Å²) in [7, 11) is 2.21. The minimum Gasteiger partial charge on any atom is -0.315 e. The summed E-state index contributed by atoms with van der Waals surface area (Å²) in [4.78, 5) is 2.41. The molecule has 2 aromatic carbocycles. The summed E-state index contributed by atoms with van der Waals surface area (Å²) >= 11 is 0. The van der Waals surface area contributed by atoms with Crippen LogP contribution in [0, 0.1) is 5.92 Å². The molecule has 0 fully saturated rings. The lowest BCUT2D eigenvalue weighted by atomic mass is 10.1. The van der Waals surface area contributed by atoms with Crippen LogP contribution in [0.2, 0.25) is 0 Å². The Morgan fingerprint density at radius 3 is 2.52 bits per heavy atom. The molecule has 2 rings (SSSR count). The number of hydrogen-bond acceptors (Lipinski definition) is 2. The minimum absolute atomic E-state index is 0.730. The van der Waals surface area contributed by atoms with E-state index in [9.17, 15) is 0 Å². The van der Waals surface area contributed by atoms with Crippen LogP contribution in [-0.2, 0) is 6.42 Å². The van der Waals surface area contributed by atoms with Crippen LogP contribution in [0.3, 0.4) is 0 Å². The number of likely N-dealkylation sites (N-methyl/N-ethyl adjacent to an activating group) is 1. The highest BCUT2D eigenvalue weighted by Gasteiger charge is 2.01. The quantitative estimate of drug-likeness (QED) is 0.746. The highest BCUT2D eigenvalue weighted by atomic mass is 15.1. The van der Waals surface area contributed by atoms with Crippen LogP contribution in [0.1, 0.15) is 19.4 Å². The van der Waals surface area contributed by atoms with Gasteiger partial charge in [-0.25, -0.2) is 0 Å². The Kier molecular flexibility index (Phi) is 6.21. The molecule has 0 aliphatic carbocycles. The van der Waals surface area contributed by atoms with Crippen LogP contribution in [0.15, 0.2) is 42.5 Å². The van der Waals surface area contributed by atoms with Crippen LogP contribution in [-0.4, -0.2) is 38.1 Å². The fraction of sp³-hybridized carbons (Fsp3) is 0.474. The lowest BCUT2D eigenvalue weighted by Crippen LogP contribution is -2.32. The van der Waals surface area contributed by atoms with Gasteiger partial charge in [0.05, 0.1) is 0 Å². The Bertz CT molecular complexity index is 548. The highest BCUT2D eigenvalue weighted by Crippen LogP contribution is 2.16. The summed E-state index contributed by atoms with van der Waals surface area (Å²) < 4.78 is 0. The molecule has 0 amide bonds. The number of nitrogens with one attached hydrogen (secondary N) is 1. The van der Waals surface area contributed by atoms with Gasteiger partial charge in [-0.1, -0.05) is 56.3 Å². The summed E-state index contributed by atoms with van der Waals surface area (Å²) in [5.41, 5.74) is 1.43. The zero-order valence-electron chi connectivity index (χ0n) is 13.6. The molecule has 0 aromatic heterocycles. The minimum atomic E-state index is 0.730. The molecule has 2 aromatic rings. The number of rotatable bonds is 8. The van der Waals surface area contributed by atoms with Gasteiger partial charge in [0, 0.05) is 19.6 Å². The van der Waals surface area contributed by atoms with E-state index in [0.717, 1.165) is 38.5 Å². The van der Waals surface area contributed by atoms with E-state index in [-0.39, 0.29) is 0 Å². The zero-order chi connectivity index (χ0) is 15.1. The molecule has 0 unspecified atom stereocenters. The molecule has 0 bridgehead atoms. The van der Waals surface area contributed by atoms with E-state index in [2.05, 4.69) is 73.6 Å². The van der Waals surface area contributed by atoms with Crippen molar-refractivity contribution in [2.75, 3.05) is 33.2 Å². The fourth-order valence-corrected chi connectivity index (χ4v) is 2.49. The number of hydrogen-bond donors (Lipinski definition) is 1. The average Bonchev–Trinajstić information content (AvgIpc) is 2.49. The Morgan fingerprint density at radius 1 is 1.00 bits per heavy atom. The molecule has 2 nitrogen and oxygen atoms in total. The van der Waals surface area contributed by atoms with Gasteiger partial charge in [0.1, 0.15) is 0 Å². The largest absolute Gasteiger partial charge is 0.315 e. The Hall–Kier alpha value is -1.38. The van der Waals surface area contributed by atoms with Crippen molar-refractivity contribution in [3.8, 4) is 0 Å². The van der Waals surface area contributed by atoms with Crippen LogP contribution < -0.4 is 5.32 Å². The summed E-state index contributed by atoms with van der Waals surface area (Å²) in [6.07, 6.45) is 1.12. The highest BCUT2D eigenvalue weighted by molar-refractivity contribution is 5.82. The first-order chi connectivity index (χ1) is 10.1. The molecule has 0 saturated heterocycles. The Labute approximate surface area is 129 Å². The van der Waals surface area contributed by atoms with Crippen molar-refractivity contribution in [3.05, 3.63) is 48.0 Å². The second-order valence-electron chi connectivity index (χ2n) is 6.33. The van der Waals surface area contributed by atoms with Crippen molar-refractivity contribution in [2.45, 2.75) is 20.3 Å². The van der Waals surface area contributed by atoms with Crippen LogP contribution in [0.25, 0.3) is 10.8 Å². The topological polar surface area (TPSA) is 15.3 Å². The first-order valence-electron chi connectivity index (χ1n) is 8.02. The van der Waals surface area contributed by atoms with Crippen molar-refractivity contribution < 1.29 is 0 Å². The molecule has 0 spiro atoms. The molecular weight excluding hydrogens is 256 g/mol. The van der Waals surface area contributed by atoms with E-state index in [1.54, 1.807) is 0 Å². The zero-order valence-corrected chi connectivity index (χ0v) is 13.6. The molecule has 0 radical (unpaired) electrons. The SMILES string of the molecule is CC(C)CNCCN(C)CCc1ccc2ccccc2c1.